The summed E-state index contributed by atoms with van der Waals surface area (Å²) in [6.45, 7) is 0. The number of benzene rings is 1. The van der Waals surface area contributed by atoms with E-state index in [4.69, 9.17) is 0 Å². The first-order valence-corrected chi connectivity index (χ1v) is 9.26. The molecular weight excluding hydrogens is 365 g/mol. The number of nitrogens with zero attached hydrogens (tertiary/aromatic N) is 2. The summed E-state index contributed by atoms with van der Waals surface area (Å²) >= 11 is 1.15. The van der Waals surface area contributed by atoms with Gasteiger partial charge in [0.1, 0.15) is 16.0 Å². The number of hydrogen-bond acceptors (Lipinski definition) is 4. The molecular formula is C20H12FN3O2S. The van der Waals surface area contributed by atoms with E-state index in [1.807, 2.05) is 4.57 Å². The molecule has 1 aliphatic carbocycles. The molecule has 1 saturated carbocycles. The molecule has 0 radical (unpaired) electrons. The monoisotopic (exact) mass is 377 g/mol. The zero-order valence-electron chi connectivity index (χ0n) is 14.0. The molecule has 3 heterocycles. The zero-order valence-corrected chi connectivity index (χ0v) is 14.8. The molecule has 0 unspecified atom stereocenters. The van der Waals surface area contributed by atoms with Crippen molar-refractivity contribution in [3.8, 4) is 11.8 Å². The molecule has 0 saturated heterocycles. The molecule has 4 aromatic rings. The van der Waals surface area contributed by atoms with Gasteiger partial charge in [-0.25, -0.2) is 4.39 Å². The summed E-state index contributed by atoms with van der Waals surface area (Å²) in [4.78, 5) is 29.4. The predicted octanol–water partition coefficient (Wildman–Crippen LogP) is 3.17. The van der Waals surface area contributed by atoms with Crippen molar-refractivity contribution < 1.29 is 4.39 Å². The Bertz CT molecular complexity index is 1390. The smallest absolute Gasteiger partial charge is 0.271 e. The molecule has 5 rings (SSSR count). The minimum atomic E-state index is -0.575. The van der Waals surface area contributed by atoms with Crippen LogP contribution in [0.25, 0.3) is 21.1 Å². The molecule has 0 bridgehead atoms. The van der Waals surface area contributed by atoms with E-state index in [2.05, 4.69) is 21.2 Å². The Hall–Kier alpha value is -3.24. The highest BCUT2D eigenvalue weighted by atomic mass is 32.1. The number of aromatic nitrogens is 3. The lowest BCUT2D eigenvalue weighted by Gasteiger charge is -2.12. The first kappa shape index (κ1) is 16.0. The van der Waals surface area contributed by atoms with Gasteiger partial charge in [-0.2, -0.15) is 0 Å². The van der Waals surface area contributed by atoms with Crippen LogP contribution < -0.4 is 11.0 Å². The average Bonchev–Trinajstić information content (AvgIpc) is 3.44. The summed E-state index contributed by atoms with van der Waals surface area (Å²) in [5.41, 5.74) is 0.703. The lowest BCUT2D eigenvalue weighted by Crippen LogP contribution is -2.15. The van der Waals surface area contributed by atoms with Gasteiger partial charge >= 0.3 is 0 Å². The Morgan fingerprint density at radius 2 is 1.96 bits per heavy atom. The van der Waals surface area contributed by atoms with Crippen molar-refractivity contribution in [3.63, 3.8) is 0 Å². The van der Waals surface area contributed by atoms with Crippen molar-refractivity contribution in [2.45, 2.75) is 18.9 Å². The molecule has 0 spiro atoms. The van der Waals surface area contributed by atoms with Crippen LogP contribution in [0.3, 0.4) is 0 Å². The number of aromatic amines is 1. The van der Waals surface area contributed by atoms with Gasteiger partial charge in [0, 0.05) is 29.4 Å². The third-order valence-corrected chi connectivity index (χ3v) is 5.53. The first-order valence-electron chi connectivity index (χ1n) is 8.44. The molecule has 7 heteroatoms. The second-order valence-corrected chi connectivity index (χ2v) is 7.27. The van der Waals surface area contributed by atoms with Crippen LogP contribution in [0.2, 0.25) is 0 Å². The van der Waals surface area contributed by atoms with Crippen molar-refractivity contribution in [3.05, 3.63) is 74.2 Å². The Morgan fingerprint density at radius 1 is 1.19 bits per heavy atom. The zero-order chi connectivity index (χ0) is 18.5. The van der Waals surface area contributed by atoms with Crippen LogP contribution >= 0.6 is 11.5 Å². The van der Waals surface area contributed by atoms with Gasteiger partial charge in [-0.05, 0) is 48.6 Å². The van der Waals surface area contributed by atoms with Crippen molar-refractivity contribution in [2.24, 2.45) is 0 Å². The molecule has 27 heavy (non-hydrogen) atoms. The van der Waals surface area contributed by atoms with Crippen LogP contribution in [-0.4, -0.2) is 13.9 Å². The van der Waals surface area contributed by atoms with Crippen LogP contribution in [-0.2, 0) is 0 Å². The summed E-state index contributed by atoms with van der Waals surface area (Å²) in [6.07, 6.45) is 5.18. The van der Waals surface area contributed by atoms with Gasteiger partial charge in [0.2, 0.25) is 5.43 Å². The molecule has 1 N–H and O–H groups in total. The highest BCUT2D eigenvalue weighted by Gasteiger charge is 2.29. The van der Waals surface area contributed by atoms with Gasteiger partial charge in [0.05, 0.1) is 11.1 Å². The maximum atomic E-state index is 14.6. The van der Waals surface area contributed by atoms with Gasteiger partial charge in [-0.15, -0.1) is 0 Å². The minimum absolute atomic E-state index is 0.106. The highest BCUT2D eigenvalue weighted by molar-refractivity contribution is 7.12. The highest BCUT2D eigenvalue weighted by Crippen LogP contribution is 2.40. The minimum Gasteiger partial charge on any atom is -0.328 e. The molecule has 0 atom stereocenters. The maximum absolute atomic E-state index is 14.6. The number of nitrogens with one attached hydrogen (secondary N) is 1. The van der Waals surface area contributed by atoms with Crippen molar-refractivity contribution in [1.29, 1.82) is 0 Å². The Kier molecular flexibility index (Phi) is 3.49. The largest absolute Gasteiger partial charge is 0.328 e. The fourth-order valence-electron chi connectivity index (χ4n) is 3.22. The van der Waals surface area contributed by atoms with Crippen LogP contribution in [0, 0.1) is 17.7 Å². The number of H-pyrrole nitrogens is 1. The van der Waals surface area contributed by atoms with Gasteiger partial charge in [0.25, 0.3) is 5.56 Å². The van der Waals surface area contributed by atoms with E-state index >= 15 is 0 Å². The number of hydrogen-bond donors (Lipinski definition) is 1. The van der Waals surface area contributed by atoms with Crippen molar-refractivity contribution in [2.75, 3.05) is 0 Å². The van der Waals surface area contributed by atoms with Gasteiger partial charge in [0.15, 0.2) is 0 Å². The van der Waals surface area contributed by atoms with Gasteiger partial charge in [-0.3, -0.25) is 18.9 Å². The Balaban J connectivity index is 1.82. The molecule has 5 nitrogen and oxygen atoms in total. The van der Waals surface area contributed by atoms with Crippen LogP contribution in [0.4, 0.5) is 4.39 Å². The summed E-state index contributed by atoms with van der Waals surface area (Å²) in [6, 6.07) is 6.51. The Labute approximate surface area is 156 Å². The van der Waals surface area contributed by atoms with Gasteiger partial charge < -0.3 is 4.57 Å². The summed E-state index contributed by atoms with van der Waals surface area (Å²) in [5.74, 6) is 5.19. The lowest BCUT2D eigenvalue weighted by molar-refractivity contribution is 0.625. The van der Waals surface area contributed by atoms with E-state index < -0.39 is 16.8 Å². The van der Waals surface area contributed by atoms with E-state index in [0.717, 1.165) is 29.9 Å². The molecule has 132 valence electrons. The van der Waals surface area contributed by atoms with Crippen molar-refractivity contribution >= 4 is 32.7 Å². The molecule has 1 aromatic carbocycles. The molecule has 3 aromatic heterocycles. The van der Waals surface area contributed by atoms with Crippen LogP contribution in [0.15, 0.2) is 46.2 Å². The van der Waals surface area contributed by atoms with E-state index in [-0.39, 0.29) is 22.4 Å². The van der Waals surface area contributed by atoms with E-state index in [1.54, 1.807) is 30.6 Å². The second-order valence-electron chi connectivity index (χ2n) is 6.48. The normalized spacial score (nSPS) is 13.7. The summed E-state index contributed by atoms with van der Waals surface area (Å²) < 4.78 is 19.2. The topological polar surface area (TPSA) is 67.8 Å². The van der Waals surface area contributed by atoms with E-state index in [0.29, 0.717) is 10.3 Å². The summed E-state index contributed by atoms with van der Waals surface area (Å²) in [7, 11) is 0. The second kappa shape index (κ2) is 5.89. The molecule has 1 aliphatic rings. The SMILES string of the molecule is O=c1[nH]sc2c1c(=O)c1cc(F)c(C#Cc3ccncc3)cc1n2C1CC1. The third kappa shape index (κ3) is 2.57. The van der Waals surface area contributed by atoms with Crippen molar-refractivity contribution in [1.82, 2.24) is 13.9 Å². The molecule has 1 fully saturated rings. The van der Waals surface area contributed by atoms with E-state index in [1.165, 1.54) is 6.07 Å². The number of pyridine rings is 2. The quantitative estimate of drug-likeness (QED) is 0.518. The lowest BCUT2D eigenvalue weighted by atomic mass is 10.1. The maximum Gasteiger partial charge on any atom is 0.271 e. The van der Waals surface area contributed by atoms with Gasteiger partial charge in [-0.1, -0.05) is 11.8 Å². The molecule has 0 aliphatic heterocycles. The Morgan fingerprint density at radius 3 is 2.70 bits per heavy atom. The predicted molar refractivity (Wildman–Crippen MR) is 103 cm³/mol. The fourth-order valence-corrected chi connectivity index (χ4v) is 4.14. The first-order chi connectivity index (χ1) is 13.1. The van der Waals surface area contributed by atoms with Crippen LogP contribution in [0.5, 0.6) is 0 Å². The van der Waals surface area contributed by atoms with Crippen LogP contribution in [0.1, 0.15) is 30.0 Å². The number of halogens is 1. The molecule has 0 amide bonds. The fraction of sp³-hybridized carbons (Fsp3) is 0.150. The summed E-state index contributed by atoms with van der Waals surface area (Å²) in [5, 5.41) is 0.319. The standard InChI is InChI=1S/C20H12FN3O2S/c21-15-10-14-16(9-12(15)2-1-11-5-7-22-8-6-11)24(13-3-4-13)20-17(18(14)25)19(26)23-27-20/h5-10,13H,3-4H2,(H,23,26). The third-order valence-electron chi connectivity index (χ3n) is 4.65. The number of rotatable bonds is 1. The average molecular weight is 377 g/mol. The van der Waals surface area contributed by atoms with E-state index in [9.17, 15) is 14.0 Å². The number of fused-ring (bicyclic) bond motifs is 2.